The molecule has 0 saturated heterocycles. The number of rotatable bonds is 5. The summed E-state index contributed by atoms with van der Waals surface area (Å²) >= 11 is 3.11. The minimum atomic E-state index is -0.170. The van der Waals surface area contributed by atoms with E-state index in [2.05, 4.69) is 10.3 Å². The van der Waals surface area contributed by atoms with E-state index in [0.717, 1.165) is 16.9 Å². The van der Waals surface area contributed by atoms with Gasteiger partial charge in [0.05, 0.1) is 11.7 Å². The first-order valence-electron chi connectivity index (χ1n) is 7.82. The van der Waals surface area contributed by atoms with Crippen molar-refractivity contribution in [3.8, 4) is 10.4 Å². The third-order valence-corrected chi connectivity index (χ3v) is 5.82. The molecule has 1 amide bonds. The molecule has 1 atom stereocenters. The second-order valence-corrected chi connectivity index (χ2v) is 7.94. The summed E-state index contributed by atoms with van der Waals surface area (Å²) in [5.41, 5.74) is 0.740. The Bertz CT molecular complexity index is 939. The van der Waals surface area contributed by atoms with Gasteiger partial charge in [-0.2, -0.15) is 0 Å². The first-order valence-corrected chi connectivity index (χ1v) is 9.52. The summed E-state index contributed by atoms with van der Waals surface area (Å²) in [6.07, 6.45) is 2.31. The fourth-order valence-corrected chi connectivity index (χ4v) is 4.28. The van der Waals surface area contributed by atoms with E-state index in [4.69, 9.17) is 0 Å². The van der Waals surface area contributed by atoms with Gasteiger partial charge in [0.1, 0.15) is 11.4 Å². The number of aryl methyl sites for hydroxylation is 1. The predicted molar refractivity (Wildman–Crippen MR) is 99.8 cm³/mol. The second kappa shape index (κ2) is 6.86. The van der Waals surface area contributed by atoms with Gasteiger partial charge in [0.15, 0.2) is 0 Å². The van der Waals surface area contributed by atoms with E-state index in [0.29, 0.717) is 10.2 Å². The smallest absolute Gasteiger partial charge is 0.263 e. The first-order chi connectivity index (χ1) is 11.5. The van der Waals surface area contributed by atoms with Crippen LogP contribution in [0.4, 0.5) is 0 Å². The number of carbonyl (C=O) groups is 1. The van der Waals surface area contributed by atoms with Gasteiger partial charge in [-0.15, -0.1) is 22.7 Å². The Hall–Kier alpha value is -1.99. The molecule has 3 heterocycles. The van der Waals surface area contributed by atoms with Crippen LogP contribution < -0.4 is 10.9 Å². The van der Waals surface area contributed by atoms with E-state index in [1.165, 1.54) is 27.1 Å². The number of aromatic nitrogens is 2. The van der Waals surface area contributed by atoms with E-state index in [9.17, 15) is 9.59 Å². The summed E-state index contributed by atoms with van der Waals surface area (Å²) < 4.78 is 1.39. The molecule has 24 heavy (non-hydrogen) atoms. The standard InChI is InChI=1S/C17H19N3O2S2/c1-4-10(2)19-14(21)7-20-9-18-16-15(17(20)22)12(8-23-16)13-6-5-11(3)24-13/h5-6,8-10H,4,7H2,1-3H3,(H,19,21)/t10-/m0/s1. The maximum absolute atomic E-state index is 12.8. The van der Waals surface area contributed by atoms with E-state index in [1.807, 2.05) is 38.3 Å². The summed E-state index contributed by atoms with van der Waals surface area (Å²) in [5, 5.41) is 5.44. The molecular weight excluding hydrogens is 342 g/mol. The van der Waals surface area contributed by atoms with E-state index >= 15 is 0 Å². The highest BCUT2D eigenvalue weighted by atomic mass is 32.1. The van der Waals surface area contributed by atoms with Crippen LogP contribution in [0, 0.1) is 6.92 Å². The van der Waals surface area contributed by atoms with Crippen LogP contribution in [0.15, 0.2) is 28.6 Å². The second-order valence-electron chi connectivity index (χ2n) is 5.79. The molecule has 3 aromatic heterocycles. The number of fused-ring (bicyclic) bond motifs is 1. The fourth-order valence-electron chi connectivity index (χ4n) is 2.42. The average molecular weight is 361 g/mol. The van der Waals surface area contributed by atoms with Crippen molar-refractivity contribution in [3.63, 3.8) is 0 Å². The topological polar surface area (TPSA) is 64.0 Å². The zero-order valence-electron chi connectivity index (χ0n) is 13.8. The van der Waals surface area contributed by atoms with Gasteiger partial charge in [-0.1, -0.05) is 6.92 Å². The van der Waals surface area contributed by atoms with Crippen LogP contribution in [0.3, 0.4) is 0 Å². The van der Waals surface area contributed by atoms with Crippen LogP contribution in [0.2, 0.25) is 0 Å². The zero-order chi connectivity index (χ0) is 17.3. The third-order valence-electron chi connectivity index (χ3n) is 3.90. The van der Waals surface area contributed by atoms with Crippen molar-refractivity contribution in [1.29, 1.82) is 0 Å². The van der Waals surface area contributed by atoms with Crippen LogP contribution >= 0.6 is 22.7 Å². The number of hydrogen-bond donors (Lipinski definition) is 1. The lowest BCUT2D eigenvalue weighted by Gasteiger charge is -2.12. The molecule has 0 spiro atoms. The summed E-state index contributed by atoms with van der Waals surface area (Å²) in [6.45, 7) is 5.98. The lowest BCUT2D eigenvalue weighted by molar-refractivity contribution is -0.122. The first kappa shape index (κ1) is 16.9. The molecule has 5 nitrogen and oxygen atoms in total. The molecule has 0 radical (unpaired) electrons. The summed E-state index contributed by atoms with van der Waals surface area (Å²) in [6, 6.07) is 4.15. The highest BCUT2D eigenvalue weighted by Crippen LogP contribution is 2.34. The Morgan fingerprint density at radius 2 is 2.21 bits per heavy atom. The molecule has 3 rings (SSSR count). The lowest BCUT2D eigenvalue weighted by Crippen LogP contribution is -2.37. The minimum Gasteiger partial charge on any atom is -0.352 e. The largest absolute Gasteiger partial charge is 0.352 e. The number of nitrogens with zero attached hydrogens (tertiary/aromatic N) is 2. The number of amides is 1. The van der Waals surface area contributed by atoms with Gasteiger partial charge in [0.2, 0.25) is 5.91 Å². The van der Waals surface area contributed by atoms with Crippen LogP contribution in [0.1, 0.15) is 25.1 Å². The Balaban J connectivity index is 1.98. The van der Waals surface area contributed by atoms with E-state index in [1.54, 1.807) is 11.3 Å². The van der Waals surface area contributed by atoms with Crippen molar-refractivity contribution in [2.75, 3.05) is 0 Å². The lowest BCUT2D eigenvalue weighted by atomic mass is 10.2. The summed E-state index contributed by atoms with van der Waals surface area (Å²) in [7, 11) is 0. The highest BCUT2D eigenvalue weighted by Gasteiger charge is 2.16. The van der Waals surface area contributed by atoms with E-state index in [-0.39, 0.29) is 24.1 Å². The molecule has 3 aromatic rings. The third kappa shape index (κ3) is 3.27. The van der Waals surface area contributed by atoms with Crippen LogP contribution in [-0.2, 0) is 11.3 Å². The molecule has 126 valence electrons. The van der Waals surface area contributed by atoms with Crippen LogP contribution in [0.25, 0.3) is 20.7 Å². The molecule has 0 aromatic carbocycles. The fraction of sp³-hybridized carbons (Fsp3) is 0.353. The number of carbonyl (C=O) groups excluding carboxylic acids is 1. The van der Waals surface area contributed by atoms with Gasteiger partial charge >= 0.3 is 0 Å². The van der Waals surface area contributed by atoms with Crippen molar-refractivity contribution in [1.82, 2.24) is 14.9 Å². The van der Waals surface area contributed by atoms with Crippen molar-refractivity contribution < 1.29 is 4.79 Å². The van der Waals surface area contributed by atoms with Crippen molar-refractivity contribution in [2.24, 2.45) is 0 Å². The summed E-state index contributed by atoms with van der Waals surface area (Å²) in [5.74, 6) is -0.170. The van der Waals surface area contributed by atoms with Gasteiger partial charge in [-0.3, -0.25) is 14.2 Å². The van der Waals surface area contributed by atoms with Crippen molar-refractivity contribution in [2.45, 2.75) is 39.8 Å². The quantitative estimate of drug-likeness (QED) is 0.757. The van der Waals surface area contributed by atoms with Gasteiger partial charge in [0, 0.05) is 26.7 Å². The van der Waals surface area contributed by atoms with Gasteiger partial charge in [-0.05, 0) is 32.4 Å². The van der Waals surface area contributed by atoms with E-state index < -0.39 is 0 Å². The van der Waals surface area contributed by atoms with Gasteiger partial charge < -0.3 is 5.32 Å². The number of thiophene rings is 2. The maximum atomic E-state index is 12.8. The van der Waals surface area contributed by atoms with Crippen LogP contribution in [-0.4, -0.2) is 21.5 Å². The molecule has 0 aliphatic carbocycles. The summed E-state index contributed by atoms with van der Waals surface area (Å²) in [4.78, 5) is 32.2. The van der Waals surface area contributed by atoms with Gasteiger partial charge in [-0.25, -0.2) is 4.98 Å². The molecule has 1 N–H and O–H groups in total. The maximum Gasteiger partial charge on any atom is 0.263 e. The molecule has 7 heteroatoms. The Morgan fingerprint density at radius 3 is 2.88 bits per heavy atom. The molecule has 0 bridgehead atoms. The predicted octanol–water partition coefficient (Wildman–Crippen LogP) is 3.41. The SMILES string of the molecule is CC[C@H](C)NC(=O)Cn1cnc2scc(-c3ccc(C)s3)c2c1=O. The Morgan fingerprint density at radius 1 is 1.42 bits per heavy atom. The number of hydrogen-bond acceptors (Lipinski definition) is 5. The zero-order valence-corrected chi connectivity index (χ0v) is 15.5. The normalized spacial score (nSPS) is 12.5. The Labute approximate surface area is 148 Å². The molecular formula is C17H19N3O2S2. The van der Waals surface area contributed by atoms with Gasteiger partial charge in [0.25, 0.3) is 5.56 Å². The average Bonchev–Trinajstić information content (AvgIpc) is 3.16. The highest BCUT2D eigenvalue weighted by molar-refractivity contribution is 7.19. The molecule has 0 saturated carbocycles. The minimum absolute atomic E-state index is 0.00906. The molecule has 0 aliphatic heterocycles. The molecule has 0 unspecified atom stereocenters. The Kier molecular flexibility index (Phi) is 4.82. The number of nitrogens with one attached hydrogen (secondary N) is 1. The van der Waals surface area contributed by atoms with Crippen molar-refractivity contribution in [3.05, 3.63) is 39.1 Å². The van der Waals surface area contributed by atoms with Crippen molar-refractivity contribution >= 4 is 38.8 Å². The van der Waals surface area contributed by atoms with Crippen LogP contribution in [0.5, 0.6) is 0 Å². The molecule has 0 fully saturated rings. The molecule has 0 aliphatic rings. The monoisotopic (exact) mass is 361 g/mol.